The number of anilines is 1. The highest BCUT2D eigenvalue weighted by Gasteiger charge is 2.14. The van der Waals surface area contributed by atoms with Crippen LogP contribution < -0.4 is 10.6 Å². The van der Waals surface area contributed by atoms with Gasteiger partial charge in [-0.15, -0.1) is 0 Å². The minimum atomic E-state index is -0.474. The maximum absolute atomic E-state index is 11.4. The first-order chi connectivity index (χ1) is 9.04. The van der Waals surface area contributed by atoms with Crippen molar-refractivity contribution in [3.63, 3.8) is 0 Å². The van der Waals surface area contributed by atoms with Crippen LogP contribution in [0.1, 0.15) is 5.56 Å². The van der Waals surface area contributed by atoms with Crippen LogP contribution in [0.3, 0.4) is 0 Å². The smallest absolute Gasteiger partial charge is 0.292 e. The lowest BCUT2D eigenvalue weighted by atomic mass is 10.2. The molecule has 0 saturated heterocycles. The normalized spacial score (nSPS) is 10.0. The monoisotopic (exact) mass is 267 g/mol. The number of nitrogens with one attached hydrogen (secondary N) is 2. The van der Waals surface area contributed by atoms with Gasteiger partial charge in [0.2, 0.25) is 5.91 Å². The van der Waals surface area contributed by atoms with Crippen molar-refractivity contribution in [2.45, 2.75) is 6.92 Å². The molecule has 19 heavy (non-hydrogen) atoms. The maximum Gasteiger partial charge on any atom is 0.292 e. The SMILES string of the molecule is COCCNC(=O)CNc1ccc(C)cc1[N+](=O)[O-]. The number of nitro benzene ring substituents is 1. The fraction of sp³-hybridized carbons (Fsp3) is 0.417. The third kappa shape index (κ3) is 4.92. The van der Waals surface area contributed by atoms with Gasteiger partial charge in [-0.2, -0.15) is 0 Å². The quantitative estimate of drug-likeness (QED) is 0.438. The highest BCUT2D eigenvalue weighted by atomic mass is 16.6. The molecule has 0 aliphatic heterocycles. The summed E-state index contributed by atoms with van der Waals surface area (Å²) in [5, 5.41) is 16.2. The number of amides is 1. The number of nitrogens with zero attached hydrogens (tertiary/aromatic N) is 1. The van der Waals surface area contributed by atoms with Crippen LogP contribution in [0, 0.1) is 17.0 Å². The van der Waals surface area contributed by atoms with Gasteiger partial charge >= 0.3 is 0 Å². The number of hydrogen-bond acceptors (Lipinski definition) is 5. The van der Waals surface area contributed by atoms with E-state index in [1.54, 1.807) is 26.2 Å². The van der Waals surface area contributed by atoms with E-state index in [0.717, 1.165) is 5.56 Å². The van der Waals surface area contributed by atoms with Crippen molar-refractivity contribution in [2.24, 2.45) is 0 Å². The van der Waals surface area contributed by atoms with Crippen LogP contribution in [0.25, 0.3) is 0 Å². The molecule has 0 fully saturated rings. The first kappa shape index (κ1) is 14.9. The molecule has 0 atom stereocenters. The molecule has 0 unspecified atom stereocenters. The maximum atomic E-state index is 11.4. The van der Waals surface area contributed by atoms with Crippen molar-refractivity contribution in [3.05, 3.63) is 33.9 Å². The number of hydrogen-bond donors (Lipinski definition) is 2. The Hall–Kier alpha value is -2.15. The number of rotatable bonds is 7. The van der Waals surface area contributed by atoms with E-state index < -0.39 is 4.92 Å². The van der Waals surface area contributed by atoms with Crippen LogP contribution in [0.2, 0.25) is 0 Å². The van der Waals surface area contributed by atoms with Gasteiger partial charge in [0.05, 0.1) is 18.1 Å². The zero-order valence-electron chi connectivity index (χ0n) is 10.9. The van der Waals surface area contributed by atoms with Gasteiger partial charge in [0.15, 0.2) is 0 Å². The van der Waals surface area contributed by atoms with E-state index in [2.05, 4.69) is 10.6 Å². The Bertz CT molecular complexity index is 462. The van der Waals surface area contributed by atoms with Crippen molar-refractivity contribution >= 4 is 17.3 Å². The van der Waals surface area contributed by atoms with E-state index in [4.69, 9.17) is 4.74 Å². The van der Waals surface area contributed by atoms with Crippen LogP contribution in [-0.2, 0) is 9.53 Å². The molecule has 0 heterocycles. The van der Waals surface area contributed by atoms with Crippen molar-refractivity contribution in [1.82, 2.24) is 5.32 Å². The third-order valence-corrected chi connectivity index (χ3v) is 2.42. The zero-order chi connectivity index (χ0) is 14.3. The lowest BCUT2D eigenvalue weighted by Crippen LogP contribution is -2.32. The predicted molar refractivity (Wildman–Crippen MR) is 71.2 cm³/mol. The highest BCUT2D eigenvalue weighted by Crippen LogP contribution is 2.24. The van der Waals surface area contributed by atoms with E-state index in [0.29, 0.717) is 18.8 Å². The molecule has 1 rings (SSSR count). The van der Waals surface area contributed by atoms with E-state index >= 15 is 0 Å². The van der Waals surface area contributed by atoms with E-state index in [1.165, 1.54) is 6.07 Å². The van der Waals surface area contributed by atoms with Crippen molar-refractivity contribution in [2.75, 3.05) is 32.1 Å². The second kappa shape index (κ2) is 7.32. The molecule has 7 heteroatoms. The molecule has 7 nitrogen and oxygen atoms in total. The molecule has 2 N–H and O–H groups in total. The van der Waals surface area contributed by atoms with Crippen LogP contribution in [0.15, 0.2) is 18.2 Å². The number of methoxy groups -OCH3 is 1. The molecule has 0 aliphatic rings. The van der Waals surface area contributed by atoms with Crippen LogP contribution in [-0.4, -0.2) is 37.6 Å². The van der Waals surface area contributed by atoms with Gasteiger partial charge in [-0.25, -0.2) is 0 Å². The van der Waals surface area contributed by atoms with Crippen molar-refractivity contribution in [3.8, 4) is 0 Å². The predicted octanol–water partition coefficient (Wildman–Crippen LogP) is 1.08. The molecule has 0 aromatic heterocycles. The van der Waals surface area contributed by atoms with E-state index in [-0.39, 0.29) is 18.1 Å². The van der Waals surface area contributed by atoms with Gasteiger partial charge < -0.3 is 15.4 Å². The topological polar surface area (TPSA) is 93.5 Å². The average Bonchev–Trinajstić information content (AvgIpc) is 2.37. The molecule has 1 aromatic rings. The summed E-state index contributed by atoms with van der Waals surface area (Å²) in [7, 11) is 1.54. The first-order valence-electron chi connectivity index (χ1n) is 5.79. The number of carbonyl (C=O) groups excluding carboxylic acids is 1. The fourth-order valence-electron chi connectivity index (χ4n) is 1.47. The molecule has 0 spiro atoms. The minimum Gasteiger partial charge on any atom is -0.383 e. The minimum absolute atomic E-state index is 0.0202. The largest absolute Gasteiger partial charge is 0.383 e. The molecule has 0 aliphatic carbocycles. The molecule has 0 radical (unpaired) electrons. The molecule has 1 aromatic carbocycles. The van der Waals surface area contributed by atoms with Gasteiger partial charge in [0, 0.05) is 19.7 Å². The molecular weight excluding hydrogens is 250 g/mol. The van der Waals surface area contributed by atoms with Crippen molar-refractivity contribution < 1.29 is 14.5 Å². The number of nitro groups is 1. The summed E-state index contributed by atoms with van der Waals surface area (Å²) in [6, 6.07) is 4.80. The summed E-state index contributed by atoms with van der Waals surface area (Å²) < 4.78 is 4.79. The fourth-order valence-corrected chi connectivity index (χ4v) is 1.47. The zero-order valence-corrected chi connectivity index (χ0v) is 10.9. The first-order valence-corrected chi connectivity index (χ1v) is 5.79. The Morgan fingerprint density at radius 3 is 2.84 bits per heavy atom. The lowest BCUT2D eigenvalue weighted by Gasteiger charge is -2.08. The molecule has 1 amide bonds. The molecule has 0 bridgehead atoms. The molecule has 0 saturated carbocycles. The standard InChI is InChI=1S/C12H17N3O4/c1-9-3-4-10(11(7-9)15(17)18)14-8-12(16)13-5-6-19-2/h3-4,7,14H,5-6,8H2,1-2H3,(H,13,16). The number of carbonyl (C=O) groups is 1. The number of aryl methyl sites for hydroxylation is 1. The average molecular weight is 267 g/mol. The summed E-state index contributed by atoms with van der Waals surface area (Å²) in [5.41, 5.74) is 1.09. The van der Waals surface area contributed by atoms with Gasteiger partial charge in [0.25, 0.3) is 5.69 Å². The van der Waals surface area contributed by atoms with Gasteiger partial charge in [0.1, 0.15) is 5.69 Å². The Kier molecular flexibility index (Phi) is 5.74. The Balaban J connectivity index is 2.57. The Labute approximate surface area is 111 Å². The summed E-state index contributed by atoms with van der Waals surface area (Å²) in [6.45, 7) is 2.59. The number of benzene rings is 1. The van der Waals surface area contributed by atoms with Crippen molar-refractivity contribution in [1.29, 1.82) is 0 Å². The summed E-state index contributed by atoms with van der Waals surface area (Å²) in [4.78, 5) is 21.8. The van der Waals surface area contributed by atoms with Crippen LogP contribution in [0.4, 0.5) is 11.4 Å². The third-order valence-electron chi connectivity index (χ3n) is 2.42. The number of ether oxygens (including phenoxy) is 1. The van der Waals surface area contributed by atoms with Crippen LogP contribution in [0.5, 0.6) is 0 Å². The van der Waals surface area contributed by atoms with E-state index in [9.17, 15) is 14.9 Å². The van der Waals surface area contributed by atoms with Gasteiger partial charge in [-0.05, 0) is 18.6 Å². The second-order valence-corrected chi connectivity index (χ2v) is 3.97. The molecule has 104 valence electrons. The Morgan fingerprint density at radius 1 is 1.47 bits per heavy atom. The summed E-state index contributed by atoms with van der Waals surface area (Å²) >= 11 is 0. The Morgan fingerprint density at radius 2 is 2.21 bits per heavy atom. The summed E-state index contributed by atoms with van der Waals surface area (Å²) in [6.07, 6.45) is 0. The van der Waals surface area contributed by atoms with Gasteiger partial charge in [-0.3, -0.25) is 14.9 Å². The lowest BCUT2D eigenvalue weighted by molar-refractivity contribution is -0.384. The second-order valence-electron chi connectivity index (χ2n) is 3.97. The molecular formula is C12H17N3O4. The summed E-state index contributed by atoms with van der Waals surface area (Å²) in [5.74, 6) is -0.244. The highest BCUT2D eigenvalue weighted by molar-refractivity contribution is 5.81. The van der Waals surface area contributed by atoms with Crippen LogP contribution >= 0.6 is 0 Å². The van der Waals surface area contributed by atoms with E-state index in [1.807, 2.05) is 0 Å². The van der Waals surface area contributed by atoms with Gasteiger partial charge in [-0.1, -0.05) is 6.07 Å².